The van der Waals surface area contributed by atoms with Crippen LogP contribution in [0.3, 0.4) is 0 Å². The van der Waals surface area contributed by atoms with Gasteiger partial charge in [0, 0.05) is 60.4 Å². The molecule has 34 heavy (non-hydrogen) atoms. The Kier molecular flexibility index (Phi) is 6.19. The maximum Gasteiger partial charge on any atom is 0.252 e. The third kappa shape index (κ3) is 4.48. The van der Waals surface area contributed by atoms with Crippen molar-refractivity contribution in [1.29, 1.82) is 0 Å². The number of rotatable bonds is 6. The summed E-state index contributed by atoms with van der Waals surface area (Å²) in [4.78, 5) is 29.1. The first kappa shape index (κ1) is 22.3. The van der Waals surface area contributed by atoms with Crippen molar-refractivity contribution in [2.45, 2.75) is 30.3 Å². The molecule has 5 rings (SSSR count). The van der Waals surface area contributed by atoms with Gasteiger partial charge in [0.25, 0.3) is 5.56 Å². The van der Waals surface area contributed by atoms with Crippen LogP contribution in [0.4, 0.5) is 11.9 Å². The number of H-pyrrole nitrogens is 1. The van der Waals surface area contributed by atoms with Crippen molar-refractivity contribution in [3.05, 3.63) is 76.7 Å². The second-order valence-electron chi connectivity index (χ2n) is 8.67. The molecule has 0 amide bonds. The Hall–Kier alpha value is -3.46. The molecule has 1 fully saturated rings. The largest absolute Gasteiger partial charge is 0.342 e. The lowest BCUT2D eigenvalue weighted by molar-refractivity contribution is 0.469. The van der Waals surface area contributed by atoms with E-state index in [0.29, 0.717) is 18.5 Å². The number of anilines is 2. The molecule has 1 saturated heterocycles. The van der Waals surface area contributed by atoms with Gasteiger partial charge in [-0.25, -0.2) is 9.97 Å². The summed E-state index contributed by atoms with van der Waals surface area (Å²) in [5.41, 5.74) is 3.09. The summed E-state index contributed by atoms with van der Waals surface area (Å²) in [6, 6.07) is 17.9. The minimum atomic E-state index is -0.985. The Balaban J connectivity index is 1.38. The van der Waals surface area contributed by atoms with Crippen molar-refractivity contribution in [3.63, 3.8) is 0 Å². The van der Waals surface area contributed by atoms with Crippen LogP contribution in [-0.2, 0) is 17.3 Å². The molecule has 9 heteroatoms. The fraction of sp³-hybridized carbons (Fsp3) is 0.320. The van der Waals surface area contributed by atoms with Crippen LogP contribution in [0.5, 0.6) is 0 Å². The number of aromatic nitrogens is 4. The van der Waals surface area contributed by atoms with Gasteiger partial charge in [-0.3, -0.25) is 14.0 Å². The van der Waals surface area contributed by atoms with E-state index in [2.05, 4.69) is 36.5 Å². The van der Waals surface area contributed by atoms with Crippen LogP contribution in [0.2, 0.25) is 0 Å². The maximum absolute atomic E-state index is 11.8. The van der Waals surface area contributed by atoms with E-state index >= 15 is 0 Å². The van der Waals surface area contributed by atoms with E-state index in [-0.39, 0.29) is 5.56 Å². The number of para-hydroxylation sites is 2. The van der Waals surface area contributed by atoms with Gasteiger partial charge in [0.1, 0.15) is 0 Å². The van der Waals surface area contributed by atoms with Crippen LogP contribution in [0.25, 0.3) is 11.0 Å². The molecule has 0 bridgehead atoms. The molecule has 1 N–H and O–H groups in total. The van der Waals surface area contributed by atoms with Crippen molar-refractivity contribution in [2.24, 2.45) is 0 Å². The Bertz CT molecular complexity index is 1370. The normalized spacial score (nSPS) is 15.5. The highest BCUT2D eigenvalue weighted by atomic mass is 32.2. The van der Waals surface area contributed by atoms with Crippen molar-refractivity contribution in [1.82, 2.24) is 19.5 Å². The second kappa shape index (κ2) is 9.42. The van der Waals surface area contributed by atoms with E-state index in [4.69, 9.17) is 4.98 Å². The van der Waals surface area contributed by atoms with E-state index in [1.54, 1.807) is 12.5 Å². The number of hydrogen-bond acceptors (Lipinski definition) is 6. The van der Waals surface area contributed by atoms with Crippen LogP contribution < -0.4 is 15.4 Å². The number of imidazole rings is 1. The average Bonchev–Trinajstić information content (AvgIpc) is 3.22. The molecular weight excluding hydrogens is 448 g/mol. The fourth-order valence-electron chi connectivity index (χ4n) is 4.59. The Morgan fingerprint density at radius 1 is 1.09 bits per heavy atom. The highest BCUT2D eigenvalue weighted by Gasteiger charge is 2.27. The van der Waals surface area contributed by atoms with Crippen molar-refractivity contribution in [3.8, 4) is 0 Å². The van der Waals surface area contributed by atoms with Crippen LogP contribution in [0.15, 0.2) is 70.5 Å². The van der Waals surface area contributed by atoms with Crippen LogP contribution in [0.1, 0.15) is 18.4 Å². The zero-order valence-corrected chi connectivity index (χ0v) is 20.2. The molecular formula is C25H28N6O2S. The van der Waals surface area contributed by atoms with E-state index < -0.39 is 10.8 Å². The molecule has 1 unspecified atom stereocenters. The average molecular weight is 477 g/mol. The number of hydrogen-bond donors (Lipinski definition) is 1. The molecule has 1 aliphatic heterocycles. The van der Waals surface area contributed by atoms with E-state index in [0.717, 1.165) is 53.4 Å². The molecule has 8 nitrogen and oxygen atoms in total. The first-order valence-electron chi connectivity index (χ1n) is 11.4. The smallest absolute Gasteiger partial charge is 0.252 e. The van der Waals surface area contributed by atoms with Gasteiger partial charge in [0.05, 0.1) is 17.6 Å². The third-order valence-electron chi connectivity index (χ3n) is 6.52. The molecule has 3 heterocycles. The number of benzene rings is 2. The minimum absolute atomic E-state index is 0.138. The summed E-state index contributed by atoms with van der Waals surface area (Å²) < 4.78 is 14.0. The number of fused-ring (bicyclic) bond motifs is 1. The monoisotopic (exact) mass is 476 g/mol. The van der Waals surface area contributed by atoms with E-state index in [9.17, 15) is 9.00 Å². The number of nitrogens with zero attached hydrogens (tertiary/aromatic N) is 5. The first-order chi connectivity index (χ1) is 16.5. The van der Waals surface area contributed by atoms with Crippen LogP contribution in [0, 0.1) is 0 Å². The highest BCUT2D eigenvalue weighted by Crippen LogP contribution is 2.28. The third-order valence-corrected chi connectivity index (χ3v) is 7.45. The highest BCUT2D eigenvalue weighted by molar-refractivity contribution is 7.84. The molecule has 0 saturated carbocycles. The Morgan fingerprint density at radius 3 is 2.53 bits per heavy atom. The molecule has 0 spiro atoms. The second-order valence-corrected chi connectivity index (χ2v) is 10.1. The molecule has 1 atom stereocenters. The van der Waals surface area contributed by atoms with Crippen molar-refractivity contribution >= 4 is 33.7 Å². The predicted molar refractivity (Wildman–Crippen MR) is 136 cm³/mol. The molecule has 176 valence electrons. The molecule has 0 aliphatic carbocycles. The Labute approximate surface area is 200 Å². The number of aromatic amines is 1. The van der Waals surface area contributed by atoms with Gasteiger partial charge in [0.15, 0.2) is 0 Å². The standard InChI is InChI=1S/C25H28N6O2S/c1-29(24-26-14-11-23(32)28-24)19-12-15-30(16-13-19)25-27-21-5-3-4-6-22(21)31(25)17-18-7-9-20(10-8-18)34(2)33/h3-11,14,19H,12-13,15-17H2,1-2H3,(H,26,28,32). The van der Waals surface area contributed by atoms with Gasteiger partial charge in [-0.05, 0) is 42.7 Å². The topological polar surface area (TPSA) is 87.1 Å². The number of piperidine rings is 1. The molecule has 0 radical (unpaired) electrons. The lowest BCUT2D eigenvalue weighted by Gasteiger charge is -2.37. The van der Waals surface area contributed by atoms with Gasteiger partial charge in [-0.15, -0.1) is 0 Å². The Morgan fingerprint density at radius 2 is 1.82 bits per heavy atom. The minimum Gasteiger partial charge on any atom is -0.342 e. The predicted octanol–water partition coefficient (Wildman–Crippen LogP) is 3.01. The van der Waals surface area contributed by atoms with Crippen LogP contribution >= 0.6 is 0 Å². The van der Waals surface area contributed by atoms with E-state index in [1.807, 2.05) is 43.4 Å². The first-order valence-corrected chi connectivity index (χ1v) is 13.0. The number of nitrogens with one attached hydrogen (secondary N) is 1. The summed E-state index contributed by atoms with van der Waals surface area (Å²) in [5.74, 6) is 1.58. The quantitative estimate of drug-likeness (QED) is 0.460. The van der Waals surface area contributed by atoms with Crippen molar-refractivity contribution < 1.29 is 4.21 Å². The lowest BCUT2D eigenvalue weighted by Crippen LogP contribution is -2.45. The van der Waals surface area contributed by atoms with Gasteiger partial charge in [0.2, 0.25) is 11.9 Å². The van der Waals surface area contributed by atoms with Crippen LogP contribution in [-0.4, -0.2) is 56.2 Å². The van der Waals surface area contributed by atoms with Gasteiger partial charge in [-0.2, -0.15) is 0 Å². The molecule has 4 aromatic rings. The zero-order chi connectivity index (χ0) is 23.7. The molecule has 2 aromatic heterocycles. The lowest BCUT2D eigenvalue weighted by atomic mass is 10.0. The summed E-state index contributed by atoms with van der Waals surface area (Å²) in [7, 11) is 1.00. The van der Waals surface area contributed by atoms with Gasteiger partial charge >= 0.3 is 0 Å². The molecule has 2 aromatic carbocycles. The zero-order valence-electron chi connectivity index (χ0n) is 19.3. The summed E-state index contributed by atoms with van der Waals surface area (Å²) >= 11 is 0. The van der Waals surface area contributed by atoms with E-state index in [1.165, 1.54) is 6.07 Å². The molecule has 1 aliphatic rings. The summed E-state index contributed by atoms with van der Waals surface area (Å²) in [6.07, 6.45) is 5.13. The summed E-state index contributed by atoms with van der Waals surface area (Å²) in [6.45, 7) is 2.42. The van der Waals surface area contributed by atoms with Gasteiger partial charge in [-0.1, -0.05) is 24.3 Å². The van der Waals surface area contributed by atoms with Gasteiger partial charge < -0.3 is 14.4 Å². The summed E-state index contributed by atoms with van der Waals surface area (Å²) in [5, 5.41) is 0. The van der Waals surface area contributed by atoms with Crippen molar-refractivity contribution in [2.75, 3.05) is 36.2 Å². The SMILES string of the molecule is CN(c1nccc(=O)[nH]1)C1CCN(c2nc3ccccc3n2Cc2ccc(S(C)=O)cc2)CC1. The fourth-order valence-corrected chi connectivity index (χ4v) is 5.11. The maximum atomic E-state index is 11.8.